The number of fused-ring (bicyclic) bond motifs is 1. The number of nitrogens with zero attached hydrogens (tertiary/aromatic N) is 1. The second-order valence-electron chi connectivity index (χ2n) is 7.64. The van der Waals surface area contributed by atoms with Crippen LogP contribution < -0.4 is 10.3 Å². The molecule has 0 saturated heterocycles. The molecule has 31 heavy (non-hydrogen) atoms. The van der Waals surface area contributed by atoms with E-state index in [1.165, 1.54) is 14.2 Å². The monoisotopic (exact) mass is 442 g/mol. The summed E-state index contributed by atoms with van der Waals surface area (Å²) in [7, 11) is -0.189. The van der Waals surface area contributed by atoms with E-state index in [9.17, 15) is 19.5 Å². The first-order valence-corrected chi connectivity index (χ1v) is 12.3. The van der Waals surface area contributed by atoms with Gasteiger partial charge in [0.05, 0.1) is 29.5 Å². The average molecular weight is 443 g/mol. The van der Waals surface area contributed by atoms with Crippen molar-refractivity contribution < 1.29 is 28.9 Å². The van der Waals surface area contributed by atoms with Crippen LogP contribution in [0.4, 0.5) is 5.69 Å². The molecule has 2 aromatic carbocycles. The minimum atomic E-state index is -3.07. The molecule has 0 fully saturated rings. The zero-order chi connectivity index (χ0) is 22.6. The van der Waals surface area contributed by atoms with Crippen LogP contribution in [0, 0.1) is 6.92 Å². The third-order valence-electron chi connectivity index (χ3n) is 5.34. The van der Waals surface area contributed by atoms with Gasteiger partial charge in [-0.25, -0.2) is 5.32 Å². The van der Waals surface area contributed by atoms with E-state index in [1.54, 1.807) is 18.2 Å². The summed E-state index contributed by atoms with van der Waals surface area (Å²) in [5.74, 6) is 0.0474. The lowest BCUT2D eigenvalue weighted by Crippen LogP contribution is -2.75. The number of hydrogen-bond acceptors (Lipinski definition) is 5. The second-order valence-corrected chi connectivity index (χ2v) is 10.8. The van der Waals surface area contributed by atoms with Crippen LogP contribution in [0.1, 0.15) is 38.3 Å². The molecule has 0 bridgehead atoms. The van der Waals surface area contributed by atoms with Crippen LogP contribution in [-0.2, 0) is 4.43 Å². The Hall–Kier alpha value is -2.85. The van der Waals surface area contributed by atoms with Gasteiger partial charge in [0.25, 0.3) is 17.6 Å². The molecule has 1 unspecified atom stereocenters. The van der Waals surface area contributed by atoms with Crippen LogP contribution in [0.3, 0.4) is 0 Å². The van der Waals surface area contributed by atoms with Gasteiger partial charge in [0, 0.05) is 14.2 Å². The van der Waals surface area contributed by atoms with E-state index in [1.807, 2.05) is 31.2 Å². The Morgan fingerprint density at radius 2 is 1.90 bits per heavy atom. The Morgan fingerprint density at radius 1 is 1.16 bits per heavy atom. The van der Waals surface area contributed by atoms with Crippen molar-refractivity contribution in [3.8, 4) is 0 Å². The summed E-state index contributed by atoms with van der Waals surface area (Å²) in [6.45, 7) is 2.51. The second kappa shape index (κ2) is 9.52. The number of anilines is 1. The van der Waals surface area contributed by atoms with Crippen molar-refractivity contribution in [2.45, 2.75) is 19.4 Å². The molecule has 0 aromatic heterocycles. The fraction of sp³-hybridized carbons (Fsp3) is 0.318. The first-order chi connectivity index (χ1) is 14.8. The maximum Gasteiger partial charge on any atom is 0.361 e. The van der Waals surface area contributed by atoms with Crippen molar-refractivity contribution in [2.75, 3.05) is 32.2 Å². The minimum absolute atomic E-state index is 0.305. The number of amides is 2. The number of rotatable bonds is 8. The number of hydrogen-bond donors (Lipinski definition) is 4. The number of aliphatic hydroxyl groups is 1. The molecule has 9 heteroatoms. The lowest BCUT2D eigenvalue weighted by Gasteiger charge is -2.19. The molecule has 1 atom stereocenters. The molecule has 3 rings (SSSR count). The Kier molecular flexibility index (Phi) is 7.01. The summed E-state index contributed by atoms with van der Waals surface area (Å²) >= 11 is 0. The van der Waals surface area contributed by atoms with Crippen molar-refractivity contribution in [1.29, 1.82) is 0 Å². The molecule has 1 aliphatic heterocycles. The molecule has 1 heterocycles. The Labute approximate surface area is 182 Å². The van der Waals surface area contributed by atoms with E-state index in [0.717, 1.165) is 21.7 Å². The van der Waals surface area contributed by atoms with E-state index >= 15 is 0 Å². The van der Waals surface area contributed by atoms with Gasteiger partial charge in [-0.3, -0.25) is 19.5 Å². The number of benzene rings is 2. The highest BCUT2D eigenvalue weighted by Gasteiger charge is 2.34. The number of aliphatic hydroxyl groups excluding tert-OH is 1. The molecular weight excluding hydrogens is 414 g/mol. The lowest BCUT2D eigenvalue weighted by molar-refractivity contribution is -0.456. The Balaban J connectivity index is 1.88. The number of nitrogens with one attached hydrogen (secondary N) is 2. The molecule has 164 valence electrons. The van der Waals surface area contributed by atoms with Gasteiger partial charge in [-0.05, 0) is 55.3 Å². The normalized spacial score (nSPS) is 15.8. The molecule has 0 radical (unpaired) electrons. The number of imide groups is 1. The maximum absolute atomic E-state index is 12.4. The standard InChI is InChI=1S/C22H27N3O5Si/c1-15-6-4-7-17(12-15)24-20(23-10-5-11-31(29,14-26)30-3)16-8-9-18-19(13-16)22(28)25(2)21(18)27/h4,6-9,12-13,26,29H,5,10-11,14H2,1-3H3,(H,23,24)/p+1. The fourth-order valence-electron chi connectivity index (χ4n) is 3.43. The Bertz CT molecular complexity index is 1020. The van der Waals surface area contributed by atoms with Crippen LogP contribution in [0.25, 0.3) is 0 Å². The zero-order valence-electron chi connectivity index (χ0n) is 17.9. The van der Waals surface area contributed by atoms with Gasteiger partial charge in [0.15, 0.2) is 0 Å². The highest BCUT2D eigenvalue weighted by atomic mass is 28.4. The van der Waals surface area contributed by atoms with E-state index in [-0.39, 0.29) is 18.0 Å². The molecule has 2 amide bonds. The van der Waals surface area contributed by atoms with Crippen molar-refractivity contribution in [3.05, 3.63) is 64.7 Å². The molecule has 1 aliphatic rings. The number of aryl methyl sites for hydroxylation is 1. The van der Waals surface area contributed by atoms with Gasteiger partial charge in [-0.15, -0.1) is 0 Å². The van der Waals surface area contributed by atoms with Crippen LogP contribution in [-0.4, -0.2) is 67.9 Å². The van der Waals surface area contributed by atoms with Crippen LogP contribution in [0.15, 0.2) is 42.5 Å². The van der Waals surface area contributed by atoms with Gasteiger partial charge < -0.3 is 14.3 Å². The average Bonchev–Trinajstić information content (AvgIpc) is 2.99. The summed E-state index contributed by atoms with van der Waals surface area (Å²) < 4.78 is 5.09. The summed E-state index contributed by atoms with van der Waals surface area (Å²) in [6, 6.07) is 13.4. The van der Waals surface area contributed by atoms with E-state index in [2.05, 4.69) is 10.3 Å². The van der Waals surface area contributed by atoms with E-state index in [4.69, 9.17) is 4.43 Å². The first-order valence-electron chi connectivity index (χ1n) is 10.1. The summed E-state index contributed by atoms with van der Waals surface area (Å²) in [4.78, 5) is 39.2. The fourth-order valence-corrected chi connectivity index (χ4v) is 4.65. The smallest absolute Gasteiger partial charge is 0.361 e. The van der Waals surface area contributed by atoms with Gasteiger partial charge in [0.2, 0.25) is 0 Å². The SMILES string of the molecule is CO[Si](O)(CO)CCC[NH+]=C(Nc1cccc(C)c1)c1ccc2c(c1)C(=O)N(C)C2=O. The molecule has 4 N–H and O–H groups in total. The molecule has 0 saturated carbocycles. The van der Waals surface area contributed by atoms with Crippen molar-refractivity contribution in [2.24, 2.45) is 0 Å². The largest absolute Gasteiger partial charge is 0.409 e. The van der Waals surface area contributed by atoms with E-state index in [0.29, 0.717) is 36.0 Å². The lowest BCUT2D eigenvalue weighted by atomic mass is 10.0. The first kappa shape index (κ1) is 22.8. The number of carbonyl (C=O) groups is 2. The summed E-state index contributed by atoms with van der Waals surface area (Å²) in [5, 5.41) is 12.7. The van der Waals surface area contributed by atoms with Crippen LogP contribution >= 0.6 is 0 Å². The summed E-state index contributed by atoms with van der Waals surface area (Å²) in [6.07, 6.45) is 0.233. The maximum atomic E-state index is 12.4. The topological polar surface area (TPSA) is 113 Å². The summed E-state index contributed by atoms with van der Waals surface area (Å²) in [5.41, 5.74) is 3.47. The molecule has 2 aromatic rings. The van der Waals surface area contributed by atoms with Gasteiger partial charge in [-0.2, -0.15) is 0 Å². The molecule has 8 nitrogen and oxygen atoms in total. The van der Waals surface area contributed by atoms with E-state index < -0.39 is 8.56 Å². The number of amidine groups is 1. The Morgan fingerprint density at radius 3 is 2.58 bits per heavy atom. The minimum Gasteiger partial charge on any atom is -0.409 e. The zero-order valence-corrected chi connectivity index (χ0v) is 18.9. The molecular formula is C22H28N3O5Si+. The predicted molar refractivity (Wildman–Crippen MR) is 119 cm³/mol. The van der Waals surface area contributed by atoms with Crippen LogP contribution in [0.2, 0.25) is 6.04 Å². The number of carbonyl (C=O) groups excluding carboxylic acids is 2. The third-order valence-corrected chi connectivity index (χ3v) is 7.73. The van der Waals surface area contributed by atoms with Gasteiger partial charge in [-0.1, -0.05) is 12.1 Å². The van der Waals surface area contributed by atoms with Crippen molar-refractivity contribution in [3.63, 3.8) is 0 Å². The predicted octanol–water partition coefficient (Wildman–Crippen LogP) is 0.163. The molecule has 0 spiro atoms. The van der Waals surface area contributed by atoms with Crippen LogP contribution in [0.5, 0.6) is 0 Å². The highest BCUT2D eigenvalue weighted by Crippen LogP contribution is 2.23. The highest BCUT2D eigenvalue weighted by molar-refractivity contribution is 6.65. The van der Waals surface area contributed by atoms with Gasteiger partial charge >= 0.3 is 8.56 Å². The molecule has 0 aliphatic carbocycles. The quantitative estimate of drug-likeness (QED) is 0.152. The van der Waals surface area contributed by atoms with Gasteiger partial charge in [0.1, 0.15) is 5.69 Å². The van der Waals surface area contributed by atoms with Crippen molar-refractivity contribution >= 4 is 31.9 Å². The van der Waals surface area contributed by atoms with Crippen molar-refractivity contribution in [1.82, 2.24) is 4.90 Å². The third kappa shape index (κ3) is 5.08.